The van der Waals surface area contributed by atoms with Gasteiger partial charge in [-0.25, -0.2) is 0 Å². The molecule has 0 aliphatic rings. The fourth-order valence-corrected chi connectivity index (χ4v) is 1.80. The minimum absolute atomic E-state index is 0.353. The molecule has 2 heteroatoms. The van der Waals surface area contributed by atoms with Gasteiger partial charge in [-0.3, -0.25) is 0 Å². The molecule has 16 heavy (non-hydrogen) atoms. The molecule has 1 N–H and O–H groups in total. The first-order valence-electron chi connectivity index (χ1n) is 6.00. The molecule has 0 bridgehead atoms. The Balaban J connectivity index is 2.37. The topological polar surface area (TPSA) is 21.3 Å². The minimum atomic E-state index is 0.353. The highest BCUT2D eigenvalue weighted by Gasteiger charge is 2.09. The van der Waals surface area contributed by atoms with Gasteiger partial charge in [0.15, 0.2) is 0 Å². The molecule has 1 aromatic rings. The highest BCUT2D eigenvalue weighted by atomic mass is 16.5. The zero-order valence-electron chi connectivity index (χ0n) is 10.6. The normalized spacial score (nSPS) is 14.7. The van der Waals surface area contributed by atoms with E-state index in [2.05, 4.69) is 42.6 Å². The molecule has 0 amide bonds. The van der Waals surface area contributed by atoms with Crippen molar-refractivity contribution < 1.29 is 4.74 Å². The maximum atomic E-state index is 5.27. The lowest BCUT2D eigenvalue weighted by Crippen LogP contribution is -2.28. The van der Waals surface area contributed by atoms with Crippen LogP contribution in [-0.2, 0) is 11.2 Å². The summed E-state index contributed by atoms with van der Waals surface area (Å²) in [6.45, 7) is 2.12. The Bertz CT molecular complexity index is 273. The number of benzene rings is 1. The Morgan fingerprint density at radius 3 is 2.44 bits per heavy atom. The van der Waals surface area contributed by atoms with E-state index in [1.54, 1.807) is 7.11 Å². The molecule has 0 aliphatic carbocycles. The summed E-state index contributed by atoms with van der Waals surface area (Å²) in [7, 11) is 3.81. The van der Waals surface area contributed by atoms with Crippen LogP contribution in [0.4, 0.5) is 0 Å². The van der Waals surface area contributed by atoms with E-state index in [0.717, 1.165) is 19.3 Å². The van der Waals surface area contributed by atoms with Crippen LogP contribution in [0.25, 0.3) is 0 Å². The summed E-state index contributed by atoms with van der Waals surface area (Å²) in [5.74, 6) is 0. The van der Waals surface area contributed by atoms with Gasteiger partial charge in [-0.2, -0.15) is 0 Å². The van der Waals surface area contributed by atoms with Crippen LogP contribution in [0.2, 0.25) is 0 Å². The molecule has 0 heterocycles. The van der Waals surface area contributed by atoms with Gasteiger partial charge in [0, 0.05) is 13.2 Å². The van der Waals surface area contributed by atoms with Crippen molar-refractivity contribution in [2.24, 2.45) is 0 Å². The third-order valence-electron chi connectivity index (χ3n) is 3.06. The van der Waals surface area contributed by atoms with Crippen molar-refractivity contribution >= 4 is 0 Å². The van der Waals surface area contributed by atoms with Gasteiger partial charge in [0.05, 0.1) is 6.10 Å². The largest absolute Gasteiger partial charge is 0.382 e. The number of ether oxygens (including phenoxy) is 1. The maximum absolute atomic E-state index is 5.27. The van der Waals surface area contributed by atoms with Crippen molar-refractivity contribution in [2.45, 2.75) is 38.3 Å². The van der Waals surface area contributed by atoms with E-state index in [1.807, 2.05) is 7.05 Å². The number of hydrogen-bond acceptors (Lipinski definition) is 2. The average Bonchev–Trinajstić information content (AvgIpc) is 2.35. The molecule has 0 aromatic heterocycles. The van der Waals surface area contributed by atoms with E-state index < -0.39 is 0 Å². The lowest BCUT2D eigenvalue weighted by molar-refractivity contribution is 0.106. The summed E-state index contributed by atoms with van der Waals surface area (Å²) in [5.41, 5.74) is 1.40. The monoisotopic (exact) mass is 221 g/mol. The molecule has 0 radical (unpaired) electrons. The SMILES string of the molecule is CNC(CCC(C)OC)Cc1ccccc1. The Kier molecular flexibility index (Phi) is 6.12. The van der Waals surface area contributed by atoms with Crippen molar-refractivity contribution in [3.63, 3.8) is 0 Å². The van der Waals surface area contributed by atoms with Gasteiger partial charge in [-0.15, -0.1) is 0 Å². The van der Waals surface area contributed by atoms with E-state index in [4.69, 9.17) is 4.74 Å². The third-order valence-corrected chi connectivity index (χ3v) is 3.06. The molecule has 0 aliphatic heterocycles. The lowest BCUT2D eigenvalue weighted by atomic mass is 10.0. The van der Waals surface area contributed by atoms with Crippen LogP contribution in [0, 0.1) is 0 Å². The lowest BCUT2D eigenvalue weighted by Gasteiger charge is -2.18. The molecule has 0 saturated heterocycles. The fraction of sp³-hybridized carbons (Fsp3) is 0.571. The van der Waals surface area contributed by atoms with Crippen LogP contribution in [0.1, 0.15) is 25.3 Å². The Labute approximate surface area is 99.0 Å². The van der Waals surface area contributed by atoms with Crippen LogP contribution in [0.3, 0.4) is 0 Å². The van der Waals surface area contributed by atoms with Crippen molar-refractivity contribution in [1.82, 2.24) is 5.32 Å². The van der Waals surface area contributed by atoms with Crippen LogP contribution in [0.5, 0.6) is 0 Å². The molecule has 1 aromatic carbocycles. The molecule has 2 atom stereocenters. The van der Waals surface area contributed by atoms with Crippen LogP contribution in [-0.4, -0.2) is 26.3 Å². The standard InChI is InChI=1S/C14H23NO/c1-12(16-3)9-10-14(15-2)11-13-7-5-4-6-8-13/h4-8,12,14-15H,9-11H2,1-3H3. The van der Waals surface area contributed by atoms with E-state index in [0.29, 0.717) is 12.1 Å². The maximum Gasteiger partial charge on any atom is 0.0543 e. The molecular formula is C14H23NO. The van der Waals surface area contributed by atoms with E-state index in [9.17, 15) is 0 Å². The van der Waals surface area contributed by atoms with Crippen LogP contribution < -0.4 is 5.32 Å². The van der Waals surface area contributed by atoms with Gasteiger partial charge >= 0.3 is 0 Å². The number of hydrogen-bond donors (Lipinski definition) is 1. The van der Waals surface area contributed by atoms with Crippen molar-refractivity contribution in [1.29, 1.82) is 0 Å². The van der Waals surface area contributed by atoms with Gasteiger partial charge in [0.2, 0.25) is 0 Å². The average molecular weight is 221 g/mol. The van der Waals surface area contributed by atoms with E-state index in [-0.39, 0.29) is 0 Å². The summed E-state index contributed by atoms with van der Waals surface area (Å²) in [5, 5.41) is 3.37. The molecule has 1 rings (SSSR count). The van der Waals surface area contributed by atoms with Gasteiger partial charge in [-0.05, 0) is 38.8 Å². The number of methoxy groups -OCH3 is 1. The van der Waals surface area contributed by atoms with Crippen molar-refractivity contribution in [3.05, 3.63) is 35.9 Å². The van der Waals surface area contributed by atoms with Gasteiger partial charge < -0.3 is 10.1 Å². The fourth-order valence-electron chi connectivity index (χ4n) is 1.80. The van der Waals surface area contributed by atoms with Gasteiger partial charge in [0.25, 0.3) is 0 Å². The molecule has 90 valence electrons. The molecular weight excluding hydrogens is 198 g/mol. The Hall–Kier alpha value is -0.860. The van der Waals surface area contributed by atoms with Crippen LogP contribution in [0.15, 0.2) is 30.3 Å². The summed E-state index contributed by atoms with van der Waals surface area (Å²) in [6.07, 6.45) is 3.70. The first-order chi connectivity index (χ1) is 7.76. The zero-order chi connectivity index (χ0) is 11.8. The minimum Gasteiger partial charge on any atom is -0.382 e. The summed E-state index contributed by atoms with van der Waals surface area (Å²) in [4.78, 5) is 0. The highest BCUT2D eigenvalue weighted by Crippen LogP contribution is 2.09. The second kappa shape index (κ2) is 7.42. The number of rotatable bonds is 7. The quantitative estimate of drug-likeness (QED) is 0.764. The molecule has 0 fully saturated rings. The molecule has 0 spiro atoms. The predicted molar refractivity (Wildman–Crippen MR) is 68.7 cm³/mol. The summed E-state index contributed by atoms with van der Waals surface area (Å²) < 4.78 is 5.27. The van der Waals surface area contributed by atoms with E-state index >= 15 is 0 Å². The predicted octanol–water partition coefficient (Wildman–Crippen LogP) is 2.63. The molecule has 2 unspecified atom stereocenters. The van der Waals surface area contributed by atoms with Crippen molar-refractivity contribution in [2.75, 3.05) is 14.2 Å². The smallest absolute Gasteiger partial charge is 0.0543 e. The number of likely N-dealkylation sites (N-methyl/N-ethyl adjacent to an activating group) is 1. The summed E-state index contributed by atoms with van der Waals surface area (Å²) in [6, 6.07) is 11.2. The number of nitrogens with one attached hydrogen (secondary N) is 1. The zero-order valence-corrected chi connectivity index (χ0v) is 10.6. The first kappa shape index (κ1) is 13.2. The Morgan fingerprint density at radius 2 is 1.88 bits per heavy atom. The molecule has 2 nitrogen and oxygen atoms in total. The summed E-state index contributed by atoms with van der Waals surface area (Å²) >= 11 is 0. The highest BCUT2D eigenvalue weighted by molar-refractivity contribution is 5.15. The van der Waals surface area contributed by atoms with Gasteiger partial charge in [0.1, 0.15) is 0 Å². The van der Waals surface area contributed by atoms with Crippen LogP contribution >= 0.6 is 0 Å². The first-order valence-corrected chi connectivity index (χ1v) is 6.00. The van der Waals surface area contributed by atoms with Gasteiger partial charge in [-0.1, -0.05) is 30.3 Å². The second-order valence-electron chi connectivity index (χ2n) is 4.30. The van der Waals surface area contributed by atoms with Crippen molar-refractivity contribution in [3.8, 4) is 0 Å². The van der Waals surface area contributed by atoms with E-state index in [1.165, 1.54) is 5.56 Å². The Morgan fingerprint density at radius 1 is 1.19 bits per heavy atom. The molecule has 0 saturated carbocycles. The third kappa shape index (κ3) is 4.77. The second-order valence-corrected chi connectivity index (χ2v) is 4.30.